The molecule has 96 valence electrons. The minimum atomic E-state index is -0.674. The van der Waals surface area contributed by atoms with Gasteiger partial charge in [-0.1, -0.05) is 6.07 Å². The Labute approximate surface area is 104 Å². The van der Waals surface area contributed by atoms with E-state index in [0.29, 0.717) is 17.1 Å². The van der Waals surface area contributed by atoms with Crippen molar-refractivity contribution in [2.75, 3.05) is 24.3 Å². The van der Waals surface area contributed by atoms with E-state index >= 15 is 0 Å². The summed E-state index contributed by atoms with van der Waals surface area (Å²) in [6.45, 7) is 1.46. The van der Waals surface area contributed by atoms with Crippen LogP contribution in [0.1, 0.15) is 6.92 Å². The molecule has 1 unspecified atom stereocenters. The molecule has 0 radical (unpaired) electrons. The number of para-hydroxylation sites is 1. The van der Waals surface area contributed by atoms with Crippen molar-refractivity contribution < 1.29 is 19.1 Å². The van der Waals surface area contributed by atoms with E-state index in [1.807, 2.05) is 0 Å². The first-order chi connectivity index (χ1) is 8.54. The predicted octanol–water partition coefficient (Wildman–Crippen LogP) is 0.556. The number of benzene rings is 1. The Hall–Kier alpha value is -2.24. The van der Waals surface area contributed by atoms with Crippen molar-refractivity contribution in [3.8, 4) is 5.75 Å². The number of amides is 1. The third-order valence-electron chi connectivity index (χ3n) is 2.74. The molecule has 1 atom stereocenters. The minimum absolute atomic E-state index is 0.153. The third kappa shape index (κ3) is 1.97. The molecular formula is C12H14N2O4. The molecule has 1 amide bonds. The van der Waals surface area contributed by atoms with Crippen LogP contribution >= 0.6 is 0 Å². The topological polar surface area (TPSA) is 81.9 Å². The van der Waals surface area contributed by atoms with Crippen molar-refractivity contribution in [1.82, 2.24) is 0 Å². The van der Waals surface area contributed by atoms with Crippen LogP contribution in [0.4, 0.5) is 11.4 Å². The number of ether oxygens (including phenoxy) is 2. The average molecular weight is 250 g/mol. The van der Waals surface area contributed by atoms with E-state index in [9.17, 15) is 9.59 Å². The smallest absolute Gasteiger partial charge is 0.325 e. The van der Waals surface area contributed by atoms with Gasteiger partial charge < -0.3 is 15.2 Å². The largest absolute Gasteiger partial charge is 0.477 e. The summed E-state index contributed by atoms with van der Waals surface area (Å²) < 4.78 is 10.0. The second-order valence-electron chi connectivity index (χ2n) is 3.96. The van der Waals surface area contributed by atoms with Crippen molar-refractivity contribution >= 4 is 23.3 Å². The zero-order valence-corrected chi connectivity index (χ0v) is 10.2. The first kappa shape index (κ1) is 12.2. The number of nitrogen functional groups attached to an aromatic ring is 1. The molecular weight excluding hydrogens is 236 g/mol. The minimum Gasteiger partial charge on any atom is -0.477 e. The monoisotopic (exact) mass is 250 g/mol. The lowest BCUT2D eigenvalue weighted by Gasteiger charge is -2.32. The summed E-state index contributed by atoms with van der Waals surface area (Å²) in [6.07, 6.45) is -0.674. The van der Waals surface area contributed by atoms with Gasteiger partial charge in [0.2, 0.25) is 0 Å². The van der Waals surface area contributed by atoms with Gasteiger partial charge in [0, 0.05) is 0 Å². The maximum Gasteiger partial charge on any atom is 0.325 e. The van der Waals surface area contributed by atoms with Gasteiger partial charge in [-0.25, -0.2) is 0 Å². The van der Waals surface area contributed by atoms with Crippen LogP contribution in [0.5, 0.6) is 5.75 Å². The van der Waals surface area contributed by atoms with Gasteiger partial charge in [0.05, 0.1) is 18.5 Å². The molecule has 0 saturated carbocycles. The highest BCUT2D eigenvalue weighted by Gasteiger charge is 2.33. The van der Waals surface area contributed by atoms with E-state index in [4.69, 9.17) is 10.5 Å². The zero-order valence-electron chi connectivity index (χ0n) is 10.2. The van der Waals surface area contributed by atoms with Gasteiger partial charge in [-0.05, 0) is 19.1 Å². The van der Waals surface area contributed by atoms with Crippen molar-refractivity contribution in [3.05, 3.63) is 18.2 Å². The number of hydrogen-bond acceptors (Lipinski definition) is 5. The van der Waals surface area contributed by atoms with Gasteiger partial charge in [0.15, 0.2) is 11.9 Å². The van der Waals surface area contributed by atoms with Gasteiger partial charge in [-0.15, -0.1) is 0 Å². The second kappa shape index (κ2) is 4.56. The van der Waals surface area contributed by atoms with E-state index in [1.165, 1.54) is 12.0 Å². The van der Waals surface area contributed by atoms with Crippen LogP contribution in [0.15, 0.2) is 18.2 Å². The van der Waals surface area contributed by atoms with Crippen LogP contribution in [-0.4, -0.2) is 31.6 Å². The van der Waals surface area contributed by atoms with Crippen LogP contribution in [0.2, 0.25) is 0 Å². The maximum atomic E-state index is 12.0. The Bertz CT molecular complexity index is 501. The number of esters is 1. The van der Waals surface area contributed by atoms with Crippen molar-refractivity contribution in [3.63, 3.8) is 0 Å². The molecule has 0 spiro atoms. The molecule has 0 aromatic heterocycles. The molecule has 0 bridgehead atoms. The lowest BCUT2D eigenvalue weighted by Crippen LogP contribution is -2.47. The Kier molecular flexibility index (Phi) is 3.10. The van der Waals surface area contributed by atoms with Crippen LogP contribution in [0, 0.1) is 0 Å². The fourth-order valence-corrected chi connectivity index (χ4v) is 1.81. The molecule has 0 aliphatic carbocycles. The van der Waals surface area contributed by atoms with Crippen LogP contribution in [0.3, 0.4) is 0 Å². The van der Waals surface area contributed by atoms with Gasteiger partial charge >= 0.3 is 5.97 Å². The molecule has 1 aromatic rings. The number of nitrogens with two attached hydrogens (primary N) is 1. The second-order valence-corrected chi connectivity index (χ2v) is 3.96. The van der Waals surface area contributed by atoms with Crippen LogP contribution in [-0.2, 0) is 14.3 Å². The van der Waals surface area contributed by atoms with E-state index in [-0.39, 0.29) is 12.5 Å². The van der Waals surface area contributed by atoms with E-state index in [0.717, 1.165) is 0 Å². The van der Waals surface area contributed by atoms with Crippen molar-refractivity contribution in [1.29, 1.82) is 0 Å². The Morgan fingerprint density at radius 2 is 2.28 bits per heavy atom. The molecule has 1 aromatic carbocycles. The summed E-state index contributed by atoms with van der Waals surface area (Å²) >= 11 is 0. The third-order valence-corrected chi connectivity index (χ3v) is 2.74. The quantitative estimate of drug-likeness (QED) is 0.612. The standard InChI is InChI=1S/C12H14N2O4/c1-7-12(16)14(6-10(15)17-2)9-5-3-4-8(13)11(9)18-7/h3-5,7H,6,13H2,1-2H3. The first-order valence-electron chi connectivity index (χ1n) is 5.48. The van der Waals surface area contributed by atoms with E-state index < -0.39 is 12.1 Å². The lowest BCUT2D eigenvalue weighted by atomic mass is 10.1. The number of carbonyl (C=O) groups excluding carboxylic acids is 2. The molecule has 1 aliphatic rings. The summed E-state index contributed by atoms with van der Waals surface area (Å²) in [5.74, 6) is -0.363. The number of fused-ring (bicyclic) bond motifs is 1. The highest BCUT2D eigenvalue weighted by atomic mass is 16.5. The molecule has 2 rings (SSSR count). The number of anilines is 2. The Morgan fingerprint density at radius 1 is 1.56 bits per heavy atom. The molecule has 6 nitrogen and oxygen atoms in total. The summed E-state index contributed by atoms with van der Waals surface area (Å²) in [5.41, 5.74) is 6.72. The molecule has 2 N–H and O–H groups in total. The highest BCUT2D eigenvalue weighted by Crippen LogP contribution is 2.38. The Balaban J connectivity index is 2.42. The predicted molar refractivity (Wildman–Crippen MR) is 65.3 cm³/mol. The Morgan fingerprint density at radius 3 is 2.94 bits per heavy atom. The summed E-state index contributed by atoms with van der Waals surface area (Å²) in [4.78, 5) is 24.7. The van der Waals surface area contributed by atoms with E-state index in [1.54, 1.807) is 25.1 Å². The van der Waals surface area contributed by atoms with Crippen molar-refractivity contribution in [2.45, 2.75) is 13.0 Å². The average Bonchev–Trinajstić information content (AvgIpc) is 2.36. The normalized spacial score (nSPS) is 18.0. The number of nitrogens with zero attached hydrogens (tertiary/aromatic N) is 1. The maximum absolute atomic E-state index is 12.0. The molecule has 0 saturated heterocycles. The molecule has 1 heterocycles. The fraction of sp³-hybridized carbons (Fsp3) is 0.333. The van der Waals surface area contributed by atoms with Gasteiger partial charge in [-0.2, -0.15) is 0 Å². The summed E-state index contributed by atoms with van der Waals surface area (Å²) in [7, 11) is 1.27. The van der Waals surface area contributed by atoms with Crippen molar-refractivity contribution in [2.24, 2.45) is 0 Å². The summed E-state index contributed by atoms with van der Waals surface area (Å²) in [5, 5.41) is 0. The number of hydrogen-bond donors (Lipinski definition) is 1. The fourth-order valence-electron chi connectivity index (χ4n) is 1.81. The first-order valence-corrected chi connectivity index (χ1v) is 5.48. The molecule has 1 aliphatic heterocycles. The number of carbonyl (C=O) groups is 2. The SMILES string of the molecule is COC(=O)CN1C(=O)C(C)Oc2c(N)cccc21. The van der Waals surface area contributed by atoms with Gasteiger partial charge in [0.1, 0.15) is 6.54 Å². The highest BCUT2D eigenvalue weighted by molar-refractivity contribution is 6.04. The molecule has 0 fully saturated rings. The molecule has 6 heteroatoms. The van der Waals surface area contributed by atoms with E-state index in [2.05, 4.69) is 4.74 Å². The number of rotatable bonds is 2. The van der Waals surface area contributed by atoms with Crippen LogP contribution in [0.25, 0.3) is 0 Å². The van der Waals surface area contributed by atoms with Gasteiger partial charge in [-0.3, -0.25) is 14.5 Å². The van der Waals surface area contributed by atoms with Gasteiger partial charge in [0.25, 0.3) is 5.91 Å². The zero-order chi connectivity index (χ0) is 13.3. The molecule has 18 heavy (non-hydrogen) atoms. The summed E-state index contributed by atoms with van der Waals surface area (Å²) in [6, 6.07) is 5.06. The number of methoxy groups -OCH3 is 1. The van der Waals surface area contributed by atoms with Crippen LogP contribution < -0.4 is 15.4 Å². The lowest BCUT2D eigenvalue weighted by molar-refractivity contribution is -0.140.